The summed E-state index contributed by atoms with van der Waals surface area (Å²) in [5.74, 6) is 0.414. The molecule has 1 saturated heterocycles. The fraction of sp³-hybridized carbons (Fsp3) is 0.875. The van der Waals surface area contributed by atoms with Crippen LogP contribution in [-0.4, -0.2) is 58.0 Å². The Bertz CT molecular complexity index is 355. The van der Waals surface area contributed by atoms with Gasteiger partial charge in [0.05, 0.1) is 12.7 Å². The van der Waals surface area contributed by atoms with Crippen LogP contribution in [0.1, 0.15) is 53.4 Å². The van der Waals surface area contributed by atoms with Gasteiger partial charge in [-0.05, 0) is 52.9 Å². The third-order valence-corrected chi connectivity index (χ3v) is 3.76. The first-order valence-corrected chi connectivity index (χ1v) is 7.98. The van der Waals surface area contributed by atoms with Gasteiger partial charge in [-0.2, -0.15) is 0 Å². The maximum atomic E-state index is 11.9. The van der Waals surface area contributed by atoms with E-state index in [9.17, 15) is 9.90 Å². The molecule has 0 spiro atoms. The molecule has 5 N–H and O–H groups in total. The van der Waals surface area contributed by atoms with Crippen molar-refractivity contribution in [2.24, 2.45) is 5.92 Å². The third kappa shape index (κ3) is 10.3. The van der Waals surface area contributed by atoms with E-state index in [1.807, 2.05) is 0 Å². The summed E-state index contributed by atoms with van der Waals surface area (Å²) >= 11 is 0. The Hall–Kier alpha value is -1.18. The van der Waals surface area contributed by atoms with Crippen molar-refractivity contribution < 1.29 is 24.9 Å². The van der Waals surface area contributed by atoms with Gasteiger partial charge < -0.3 is 26.0 Å². The predicted molar refractivity (Wildman–Crippen MR) is 88.0 cm³/mol. The fourth-order valence-electron chi connectivity index (χ4n) is 3.48. The molecule has 0 aliphatic carbocycles. The predicted octanol–water partition coefficient (Wildman–Crippen LogP) is 0.494. The summed E-state index contributed by atoms with van der Waals surface area (Å²) in [4.78, 5) is 20.3. The van der Waals surface area contributed by atoms with Gasteiger partial charge in [-0.3, -0.25) is 9.59 Å². The Morgan fingerprint density at radius 1 is 1.30 bits per heavy atom. The van der Waals surface area contributed by atoms with Crippen molar-refractivity contribution in [3.8, 4) is 0 Å². The highest BCUT2D eigenvalue weighted by Crippen LogP contribution is 2.34. The van der Waals surface area contributed by atoms with E-state index in [0.29, 0.717) is 25.3 Å². The Labute approximate surface area is 138 Å². The smallest absolute Gasteiger partial charge is 0.290 e. The molecule has 136 valence electrons. The molecule has 1 aliphatic rings. The number of rotatable bonds is 6. The Balaban J connectivity index is 0.00000149. The Kier molecular flexibility index (Phi) is 9.34. The van der Waals surface area contributed by atoms with E-state index >= 15 is 0 Å². The van der Waals surface area contributed by atoms with Crippen LogP contribution in [0.3, 0.4) is 0 Å². The van der Waals surface area contributed by atoms with Crippen LogP contribution in [0.25, 0.3) is 0 Å². The molecule has 1 aliphatic heterocycles. The van der Waals surface area contributed by atoms with Gasteiger partial charge in [0.2, 0.25) is 5.91 Å². The number of amides is 1. The van der Waals surface area contributed by atoms with E-state index in [4.69, 9.17) is 15.0 Å². The number of nitrogens with one attached hydrogen (secondary N) is 2. The molecule has 1 atom stereocenters. The van der Waals surface area contributed by atoms with Crippen LogP contribution in [0.2, 0.25) is 0 Å². The largest absolute Gasteiger partial charge is 0.483 e. The molecule has 0 bridgehead atoms. The van der Waals surface area contributed by atoms with E-state index < -0.39 is 6.10 Å². The van der Waals surface area contributed by atoms with E-state index in [2.05, 4.69) is 38.3 Å². The molecule has 0 radical (unpaired) electrons. The molecule has 1 amide bonds. The number of aliphatic hydroxyl groups excluding tert-OH is 2. The van der Waals surface area contributed by atoms with Crippen LogP contribution in [0.4, 0.5) is 0 Å². The van der Waals surface area contributed by atoms with Gasteiger partial charge in [-0.1, -0.05) is 0 Å². The molecule has 23 heavy (non-hydrogen) atoms. The van der Waals surface area contributed by atoms with Crippen LogP contribution in [0, 0.1) is 5.92 Å². The lowest BCUT2D eigenvalue weighted by atomic mass is 9.74. The number of carbonyl (C=O) groups excluding carboxylic acids is 1. The maximum Gasteiger partial charge on any atom is 0.290 e. The summed E-state index contributed by atoms with van der Waals surface area (Å²) in [5.41, 5.74) is 0.111. The van der Waals surface area contributed by atoms with Crippen LogP contribution in [0.5, 0.6) is 0 Å². The number of piperidine rings is 1. The van der Waals surface area contributed by atoms with Crippen LogP contribution in [-0.2, 0) is 9.59 Å². The van der Waals surface area contributed by atoms with Crippen molar-refractivity contribution in [2.75, 3.05) is 13.2 Å². The molecular formula is C16H32N2O5. The molecule has 0 saturated carbocycles. The summed E-state index contributed by atoms with van der Waals surface area (Å²) in [5, 5.41) is 31.2. The minimum atomic E-state index is -0.743. The topological polar surface area (TPSA) is 119 Å². The molecule has 0 aromatic heterocycles. The van der Waals surface area contributed by atoms with Crippen molar-refractivity contribution in [1.29, 1.82) is 0 Å². The number of carbonyl (C=O) groups is 2. The molecule has 1 fully saturated rings. The zero-order valence-corrected chi connectivity index (χ0v) is 14.6. The highest BCUT2D eigenvalue weighted by molar-refractivity contribution is 5.76. The average Bonchev–Trinajstić information content (AvgIpc) is 2.35. The maximum absolute atomic E-state index is 11.9. The number of carboxylic acid groups (broad SMARTS) is 1. The van der Waals surface area contributed by atoms with Crippen LogP contribution in [0.15, 0.2) is 0 Å². The molecule has 7 nitrogen and oxygen atoms in total. The summed E-state index contributed by atoms with van der Waals surface area (Å²) in [7, 11) is 0. The zero-order valence-electron chi connectivity index (χ0n) is 14.6. The van der Waals surface area contributed by atoms with Gasteiger partial charge in [0.1, 0.15) is 0 Å². The molecule has 1 rings (SSSR count). The quantitative estimate of drug-likeness (QED) is 0.452. The third-order valence-electron chi connectivity index (χ3n) is 3.76. The lowest BCUT2D eigenvalue weighted by Crippen LogP contribution is -2.58. The zero-order chi connectivity index (χ0) is 18.1. The SMILES string of the molecule is CC1(C)CC(CC(=O)NCCC(O)CO)CC(C)(C)N1.O=CO. The van der Waals surface area contributed by atoms with Gasteiger partial charge in [-0.15, -0.1) is 0 Å². The van der Waals surface area contributed by atoms with Crippen molar-refractivity contribution in [1.82, 2.24) is 10.6 Å². The van der Waals surface area contributed by atoms with Gasteiger partial charge in [0.15, 0.2) is 0 Å². The van der Waals surface area contributed by atoms with Gasteiger partial charge >= 0.3 is 0 Å². The monoisotopic (exact) mass is 332 g/mol. The van der Waals surface area contributed by atoms with Crippen molar-refractivity contribution >= 4 is 12.4 Å². The van der Waals surface area contributed by atoms with Gasteiger partial charge in [-0.25, -0.2) is 0 Å². The Morgan fingerprint density at radius 2 is 1.78 bits per heavy atom. The lowest BCUT2D eigenvalue weighted by Gasteiger charge is -2.46. The van der Waals surface area contributed by atoms with Gasteiger partial charge in [0.25, 0.3) is 6.47 Å². The molecule has 1 unspecified atom stereocenters. The summed E-state index contributed by atoms with van der Waals surface area (Å²) in [6.45, 7) is 8.62. The van der Waals surface area contributed by atoms with E-state index in [1.165, 1.54) is 0 Å². The molecular weight excluding hydrogens is 300 g/mol. The average molecular weight is 332 g/mol. The second-order valence-corrected chi connectivity index (χ2v) is 7.45. The summed E-state index contributed by atoms with van der Waals surface area (Å²) < 4.78 is 0. The second kappa shape index (κ2) is 9.85. The van der Waals surface area contributed by atoms with E-state index in [-0.39, 0.29) is 30.1 Å². The lowest BCUT2D eigenvalue weighted by molar-refractivity contribution is -0.123. The molecule has 7 heteroatoms. The van der Waals surface area contributed by atoms with Crippen molar-refractivity contribution in [3.05, 3.63) is 0 Å². The van der Waals surface area contributed by atoms with Gasteiger partial charge in [0, 0.05) is 24.0 Å². The molecule has 0 aromatic rings. The first-order valence-electron chi connectivity index (χ1n) is 7.98. The van der Waals surface area contributed by atoms with Crippen LogP contribution < -0.4 is 10.6 Å². The standard InChI is InChI=1S/C15H30N2O3.CH2O2/c1-14(2)8-11(9-15(3,4)17-14)7-13(20)16-6-5-12(19)10-18;2-1-3/h11-12,17-19H,5-10H2,1-4H3,(H,16,20);1H,(H,2,3). The molecule has 1 heterocycles. The Morgan fingerprint density at radius 3 is 2.22 bits per heavy atom. The second-order valence-electron chi connectivity index (χ2n) is 7.45. The molecule has 0 aromatic carbocycles. The highest BCUT2D eigenvalue weighted by atomic mass is 16.3. The van der Waals surface area contributed by atoms with Crippen LogP contribution >= 0.6 is 0 Å². The normalized spacial score (nSPS) is 20.8. The highest BCUT2D eigenvalue weighted by Gasteiger charge is 2.38. The van der Waals surface area contributed by atoms with Crippen molar-refractivity contribution in [3.63, 3.8) is 0 Å². The minimum absolute atomic E-state index is 0.0358. The first-order chi connectivity index (χ1) is 10.5. The summed E-state index contributed by atoms with van der Waals surface area (Å²) in [6, 6.07) is 0. The van der Waals surface area contributed by atoms with E-state index in [1.54, 1.807) is 0 Å². The number of aliphatic hydroxyl groups is 2. The fourth-order valence-corrected chi connectivity index (χ4v) is 3.48. The first kappa shape index (κ1) is 21.8. The number of hydrogen-bond donors (Lipinski definition) is 5. The number of hydrogen-bond acceptors (Lipinski definition) is 5. The minimum Gasteiger partial charge on any atom is -0.483 e. The summed E-state index contributed by atoms with van der Waals surface area (Å²) in [6.07, 6.45) is 2.16. The van der Waals surface area contributed by atoms with Crippen molar-refractivity contribution in [2.45, 2.75) is 70.6 Å². The van der Waals surface area contributed by atoms with E-state index in [0.717, 1.165) is 12.8 Å².